The van der Waals surface area contributed by atoms with Gasteiger partial charge in [-0.1, -0.05) is 52.1 Å². The lowest BCUT2D eigenvalue weighted by Crippen LogP contribution is -2.51. The van der Waals surface area contributed by atoms with E-state index in [-0.39, 0.29) is 31.0 Å². The molecule has 0 unspecified atom stereocenters. The minimum atomic E-state index is -0.653. The van der Waals surface area contributed by atoms with E-state index in [0.29, 0.717) is 27.8 Å². The number of hydrogen-bond acceptors (Lipinski definition) is 3. The van der Waals surface area contributed by atoms with E-state index in [9.17, 15) is 9.59 Å². The smallest absolute Gasteiger partial charge is 0.261 e. The molecule has 2 rings (SSSR count). The lowest BCUT2D eigenvalue weighted by molar-refractivity contribution is -0.143. The van der Waals surface area contributed by atoms with Crippen molar-refractivity contribution in [3.05, 3.63) is 62.5 Å². The van der Waals surface area contributed by atoms with Crippen LogP contribution in [0.3, 0.4) is 0 Å². The molecule has 0 aliphatic carbocycles. The van der Waals surface area contributed by atoms with Gasteiger partial charge in [0.1, 0.15) is 11.8 Å². The fraction of sp³-hybridized carbons (Fsp3) is 0.364. The first-order valence-electron chi connectivity index (χ1n) is 9.63. The van der Waals surface area contributed by atoms with Crippen LogP contribution >= 0.6 is 39.1 Å². The van der Waals surface area contributed by atoms with Gasteiger partial charge in [0, 0.05) is 27.1 Å². The van der Waals surface area contributed by atoms with Crippen molar-refractivity contribution in [1.29, 1.82) is 0 Å². The van der Waals surface area contributed by atoms with E-state index in [2.05, 4.69) is 21.2 Å². The lowest BCUT2D eigenvalue weighted by Gasteiger charge is -2.31. The number of amides is 2. The summed E-state index contributed by atoms with van der Waals surface area (Å²) < 4.78 is 6.56. The first-order valence-corrected chi connectivity index (χ1v) is 11.2. The third kappa shape index (κ3) is 7.18. The number of carbonyl (C=O) groups is 2. The van der Waals surface area contributed by atoms with Gasteiger partial charge in [0.15, 0.2) is 6.61 Å². The molecular formula is C22H25BrCl2N2O3. The molecule has 0 saturated heterocycles. The summed E-state index contributed by atoms with van der Waals surface area (Å²) in [5, 5.41) is 3.83. The van der Waals surface area contributed by atoms with Gasteiger partial charge in [-0.05, 0) is 62.2 Å². The number of carbonyl (C=O) groups excluding carboxylic acids is 2. The largest absolute Gasteiger partial charge is 0.484 e. The second-order valence-electron chi connectivity index (χ2n) is 7.09. The van der Waals surface area contributed by atoms with Crippen molar-refractivity contribution in [3.8, 4) is 5.75 Å². The molecule has 1 atom stereocenters. The highest BCUT2D eigenvalue weighted by Gasteiger charge is 2.29. The Morgan fingerprint density at radius 2 is 1.80 bits per heavy atom. The average molecular weight is 516 g/mol. The van der Waals surface area contributed by atoms with Gasteiger partial charge in [0.05, 0.1) is 0 Å². The molecule has 0 spiro atoms. The van der Waals surface area contributed by atoms with Crippen LogP contribution in [-0.2, 0) is 16.1 Å². The number of nitrogens with one attached hydrogen (secondary N) is 1. The molecule has 162 valence electrons. The standard InChI is InChI=1S/C22H25BrCl2N2O3/c1-4-20(22(29)26-14(2)3)27(12-15-5-8-17(24)11-19(15)25)21(28)13-30-18-9-6-16(23)7-10-18/h5-11,14,20H,4,12-13H2,1-3H3,(H,26,29)/t20-/m1/s1. The number of hydrogen-bond donors (Lipinski definition) is 1. The van der Waals surface area contributed by atoms with Crippen LogP contribution in [0.2, 0.25) is 10.0 Å². The molecule has 0 aliphatic rings. The molecule has 2 aromatic rings. The maximum Gasteiger partial charge on any atom is 0.261 e. The van der Waals surface area contributed by atoms with Crippen LogP contribution in [0.4, 0.5) is 0 Å². The maximum absolute atomic E-state index is 13.1. The number of ether oxygens (including phenoxy) is 1. The fourth-order valence-electron chi connectivity index (χ4n) is 2.89. The van der Waals surface area contributed by atoms with E-state index in [0.717, 1.165) is 4.47 Å². The van der Waals surface area contributed by atoms with Gasteiger partial charge in [-0.2, -0.15) is 0 Å². The maximum atomic E-state index is 13.1. The molecule has 2 aromatic carbocycles. The third-order valence-electron chi connectivity index (χ3n) is 4.35. The molecule has 0 bridgehead atoms. The summed E-state index contributed by atoms with van der Waals surface area (Å²) in [6.07, 6.45) is 0.452. The Morgan fingerprint density at radius 1 is 1.13 bits per heavy atom. The summed E-state index contributed by atoms with van der Waals surface area (Å²) in [6.45, 7) is 5.59. The molecular weight excluding hydrogens is 491 g/mol. The van der Waals surface area contributed by atoms with Crippen molar-refractivity contribution in [2.45, 2.75) is 45.8 Å². The molecule has 0 aromatic heterocycles. The predicted molar refractivity (Wildman–Crippen MR) is 124 cm³/mol. The Bertz CT molecular complexity index is 875. The van der Waals surface area contributed by atoms with Gasteiger partial charge >= 0.3 is 0 Å². The summed E-state index contributed by atoms with van der Waals surface area (Å²) in [7, 11) is 0. The van der Waals surface area contributed by atoms with Gasteiger partial charge in [-0.3, -0.25) is 9.59 Å². The fourth-order valence-corrected chi connectivity index (χ4v) is 3.63. The first kappa shape index (κ1) is 24.5. The SMILES string of the molecule is CC[C@H](C(=O)NC(C)C)N(Cc1ccc(Cl)cc1Cl)C(=O)COc1ccc(Br)cc1. The first-order chi connectivity index (χ1) is 14.2. The van der Waals surface area contributed by atoms with Crippen molar-refractivity contribution in [2.24, 2.45) is 0 Å². The van der Waals surface area contributed by atoms with Gasteiger partial charge in [-0.15, -0.1) is 0 Å². The summed E-state index contributed by atoms with van der Waals surface area (Å²) in [6, 6.07) is 11.6. The highest BCUT2D eigenvalue weighted by atomic mass is 79.9. The molecule has 30 heavy (non-hydrogen) atoms. The third-order valence-corrected chi connectivity index (χ3v) is 5.46. The van der Waals surface area contributed by atoms with E-state index in [1.165, 1.54) is 4.90 Å². The Morgan fingerprint density at radius 3 is 2.37 bits per heavy atom. The van der Waals surface area contributed by atoms with Crippen molar-refractivity contribution in [2.75, 3.05) is 6.61 Å². The highest BCUT2D eigenvalue weighted by Crippen LogP contribution is 2.24. The number of halogens is 3. The number of nitrogens with zero attached hydrogens (tertiary/aromatic N) is 1. The molecule has 5 nitrogen and oxygen atoms in total. The van der Waals surface area contributed by atoms with E-state index < -0.39 is 6.04 Å². The second kappa shape index (κ2) is 11.6. The summed E-state index contributed by atoms with van der Waals surface area (Å²) in [5.74, 6) is 0.0416. The minimum absolute atomic E-state index is 0.0402. The summed E-state index contributed by atoms with van der Waals surface area (Å²) in [4.78, 5) is 27.4. The topological polar surface area (TPSA) is 58.6 Å². The van der Waals surface area contributed by atoms with Crippen LogP contribution in [0.5, 0.6) is 5.75 Å². The van der Waals surface area contributed by atoms with Gasteiger partial charge < -0.3 is 15.0 Å². The number of benzene rings is 2. The van der Waals surface area contributed by atoms with Crippen LogP contribution in [0.25, 0.3) is 0 Å². The van der Waals surface area contributed by atoms with E-state index in [4.69, 9.17) is 27.9 Å². The minimum Gasteiger partial charge on any atom is -0.484 e. The molecule has 0 fully saturated rings. The van der Waals surface area contributed by atoms with Crippen molar-refractivity contribution in [1.82, 2.24) is 10.2 Å². The van der Waals surface area contributed by atoms with Gasteiger partial charge in [0.25, 0.3) is 5.91 Å². The molecule has 2 amide bonds. The lowest BCUT2D eigenvalue weighted by atomic mass is 10.1. The Hall–Kier alpha value is -1.76. The Balaban J connectivity index is 2.24. The van der Waals surface area contributed by atoms with Crippen molar-refractivity contribution >= 4 is 50.9 Å². The Labute approximate surface area is 195 Å². The highest BCUT2D eigenvalue weighted by molar-refractivity contribution is 9.10. The molecule has 0 heterocycles. The monoisotopic (exact) mass is 514 g/mol. The molecule has 0 aliphatic heterocycles. The van der Waals surface area contributed by atoms with E-state index in [1.54, 1.807) is 30.3 Å². The van der Waals surface area contributed by atoms with Crippen LogP contribution in [0.15, 0.2) is 46.9 Å². The van der Waals surface area contributed by atoms with Gasteiger partial charge in [-0.25, -0.2) is 0 Å². The zero-order chi connectivity index (χ0) is 22.3. The van der Waals surface area contributed by atoms with Crippen LogP contribution < -0.4 is 10.1 Å². The summed E-state index contributed by atoms with van der Waals surface area (Å²) in [5.41, 5.74) is 0.703. The molecule has 0 radical (unpaired) electrons. The predicted octanol–water partition coefficient (Wildman–Crippen LogP) is 5.47. The van der Waals surface area contributed by atoms with E-state index in [1.807, 2.05) is 32.9 Å². The molecule has 1 N–H and O–H groups in total. The zero-order valence-electron chi connectivity index (χ0n) is 17.1. The van der Waals surface area contributed by atoms with Gasteiger partial charge in [0.2, 0.25) is 5.91 Å². The van der Waals surface area contributed by atoms with Crippen LogP contribution in [-0.4, -0.2) is 35.4 Å². The zero-order valence-corrected chi connectivity index (χ0v) is 20.2. The van der Waals surface area contributed by atoms with Crippen molar-refractivity contribution < 1.29 is 14.3 Å². The van der Waals surface area contributed by atoms with Crippen LogP contribution in [0.1, 0.15) is 32.8 Å². The quantitative estimate of drug-likeness (QED) is 0.482. The van der Waals surface area contributed by atoms with Crippen LogP contribution in [0, 0.1) is 0 Å². The average Bonchev–Trinajstić information content (AvgIpc) is 2.68. The molecule has 8 heteroatoms. The molecule has 0 saturated carbocycles. The number of rotatable bonds is 9. The van der Waals surface area contributed by atoms with E-state index >= 15 is 0 Å². The van der Waals surface area contributed by atoms with Crippen molar-refractivity contribution in [3.63, 3.8) is 0 Å². The normalized spacial score (nSPS) is 11.8. The second-order valence-corrected chi connectivity index (χ2v) is 8.85. The summed E-state index contributed by atoms with van der Waals surface area (Å²) >= 11 is 15.7. The Kier molecular flexibility index (Phi) is 9.46.